The van der Waals surface area contributed by atoms with Gasteiger partial charge < -0.3 is 0 Å². The van der Waals surface area contributed by atoms with Crippen LogP contribution in [0.5, 0.6) is 0 Å². The third-order valence-electron chi connectivity index (χ3n) is 2.14. The normalized spacial score (nSPS) is 15.3. The summed E-state index contributed by atoms with van der Waals surface area (Å²) in [4.78, 5) is 0. The van der Waals surface area contributed by atoms with Gasteiger partial charge in [0.1, 0.15) is 0 Å². The van der Waals surface area contributed by atoms with Crippen LogP contribution in [0, 0.1) is 10.8 Å². The van der Waals surface area contributed by atoms with E-state index in [1.807, 2.05) is 0 Å². The minimum atomic E-state index is -0.618. The van der Waals surface area contributed by atoms with E-state index in [-0.39, 0.29) is 5.41 Å². The van der Waals surface area contributed by atoms with Gasteiger partial charge >= 0.3 is 0 Å². The minimum absolute atomic E-state index is 0.203. The first-order chi connectivity index (χ1) is 6.60. The van der Waals surface area contributed by atoms with Crippen LogP contribution in [0.15, 0.2) is 0 Å². The fourth-order valence-electron chi connectivity index (χ4n) is 1.47. The van der Waals surface area contributed by atoms with Crippen LogP contribution < -0.4 is 0 Å². The highest BCUT2D eigenvalue weighted by Gasteiger charge is 2.15. The molecule has 0 aromatic heterocycles. The lowest BCUT2D eigenvalue weighted by molar-refractivity contribution is 0.364. The summed E-state index contributed by atoms with van der Waals surface area (Å²) in [5.74, 6) is 1.72. The Bertz CT molecular complexity index is 196. The topological polar surface area (TPSA) is 17.1 Å². The molecule has 0 aliphatic carbocycles. The molecule has 0 rings (SSSR count). The summed E-state index contributed by atoms with van der Waals surface area (Å²) < 4.78 is 11.7. The molecule has 0 aromatic rings. The summed E-state index contributed by atoms with van der Waals surface area (Å²) in [7, 11) is -0.618. The predicted molar refractivity (Wildman–Crippen MR) is 70.6 cm³/mol. The van der Waals surface area contributed by atoms with Crippen LogP contribution in [0.3, 0.4) is 0 Å². The second-order valence-corrected chi connectivity index (χ2v) is 8.44. The van der Waals surface area contributed by atoms with Crippen LogP contribution in [-0.2, 0) is 10.8 Å². The van der Waals surface area contributed by atoms with Crippen molar-refractivity contribution in [3.05, 3.63) is 0 Å². The molecule has 0 spiro atoms. The average Bonchev–Trinajstić information content (AvgIpc) is 1.92. The van der Waals surface area contributed by atoms with Gasteiger partial charge in [0.25, 0.3) is 0 Å². The van der Waals surface area contributed by atoms with E-state index in [1.165, 1.54) is 12.8 Å². The Balaban J connectivity index is 3.57. The number of hydrogen-bond donors (Lipinski definition) is 0. The van der Waals surface area contributed by atoms with Gasteiger partial charge in [0.2, 0.25) is 0 Å². The average molecular weight is 232 g/mol. The van der Waals surface area contributed by atoms with Crippen LogP contribution >= 0.6 is 0 Å². The summed E-state index contributed by atoms with van der Waals surface area (Å²) in [6.45, 7) is 13.2. The second-order valence-electron chi connectivity index (χ2n) is 6.87. The molecule has 0 N–H and O–H groups in total. The molecule has 0 fully saturated rings. The van der Waals surface area contributed by atoms with E-state index < -0.39 is 10.8 Å². The van der Waals surface area contributed by atoms with E-state index >= 15 is 0 Å². The monoisotopic (exact) mass is 232 g/mol. The zero-order chi connectivity index (χ0) is 12.1. The van der Waals surface area contributed by atoms with Gasteiger partial charge in [-0.05, 0) is 23.7 Å². The van der Waals surface area contributed by atoms with Crippen LogP contribution in [0.2, 0.25) is 0 Å². The molecule has 15 heavy (non-hydrogen) atoms. The van der Waals surface area contributed by atoms with Crippen molar-refractivity contribution < 1.29 is 4.21 Å². The first kappa shape index (κ1) is 15.2. The van der Waals surface area contributed by atoms with Crippen LogP contribution in [0.25, 0.3) is 0 Å². The number of hydrogen-bond acceptors (Lipinski definition) is 1. The van der Waals surface area contributed by atoms with Crippen LogP contribution in [0.1, 0.15) is 60.8 Å². The molecule has 92 valence electrons. The lowest BCUT2D eigenvalue weighted by atomic mass is 9.90. The fourth-order valence-corrected chi connectivity index (χ4v) is 3.11. The molecule has 1 atom stereocenters. The Kier molecular flexibility index (Phi) is 6.09. The van der Waals surface area contributed by atoms with E-state index in [2.05, 4.69) is 41.5 Å². The summed E-state index contributed by atoms with van der Waals surface area (Å²) in [5.41, 5.74) is 0.625. The Morgan fingerprint density at radius 3 is 1.80 bits per heavy atom. The molecule has 0 bridgehead atoms. The number of unbranched alkanes of at least 4 members (excludes halogenated alkanes) is 1. The van der Waals surface area contributed by atoms with Gasteiger partial charge in [0.05, 0.1) is 0 Å². The highest BCUT2D eigenvalue weighted by molar-refractivity contribution is 7.85. The Hall–Kier alpha value is 0.150. The lowest BCUT2D eigenvalue weighted by Gasteiger charge is -2.19. The molecule has 0 aromatic carbocycles. The van der Waals surface area contributed by atoms with Crippen LogP contribution in [-0.4, -0.2) is 15.7 Å². The highest BCUT2D eigenvalue weighted by atomic mass is 32.2. The molecule has 1 nitrogen and oxygen atoms in total. The zero-order valence-electron chi connectivity index (χ0n) is 11.4. The van der Waals surface area contributed by atoms with Gasteiger partial charge in [-0.15, -0.1) is 0 Å². The quantitative estimate of drug-likeness (QED) is 0.655. The van der Waals surface area contributed by atoms with E-state index in [1.54, 1.807) is 0 Å². The van der Waals surface area contributed by atoms with Crippen molar-refractivity contribution in [3.8, 4) is 0 Å². The Morgan fingerprint density at radius 1 is 0.867 bits per heavy atom. The smallest absolute Gasteiger partial charge is 0.0283 e. The van der Waals surface area contributed by atoms with Gasteiger partial charge in [0.15, 0.2) is 0 Å². The molecule has 0 radical (unpaired) electrons. The van der Waals surface area contributed by atoms with E-state index in [9.17, 15) is 4.21 Å². The maximum absolute atomic E-state index is 11.7. The number of rotatable bonds is 5. The van der Waals surface area contributed by atoms with Crippen molar-refractivity contribution in [2.24, 2.45) is 10.8 Å². The van der Waals surface area contributed by atoms with Crippen LogP contribution in [0.4, 0.5) is 0 Å². The molecule has 0 aliphatic heterocycles. The summed E-state index contributed by atoms with van der Waals surface area (Å²) in [6.07, 6.45) is 3.55. The molecule has 1 unspecified atom stereocenters. The summed E-state index contributed by atoms with van der Waals surface area (Å²) in [5, 5.41) is 0. The second kappa shape index (κ2) is 6.03. The van der Waals surface area contributed by atoms with Crippen molar-refractivity contribution in [2.45, 2.75) is 60.8 Å². The molecule has 0 saturated carbocycles. The molecular formula is C13H28OS. The summed E-state index contributed by atoms with van der Waals surface area (Å²) >= 11 is 0. The zero-order valence-corrected chi connectivity index (χ0v) is 12.2. The molecule has 0 heterocycles. The maximum atomic E-state index is 11.7. The van der Waals surface area contributed by atoms with Gasteiger partial charge in [0, 0.05) is 22.3 Å². The van der Waals surface area contributed by atoms with Crippen molar-refractivity contribution in [1.29, 1.82) is 0 Å². The standard InChI is InChI=1S/C13H28OS/c1-12(2,3)9-7-8-10-15(14)11-13(4,5)6/h7-11H2,1-6H3. The van der Waals surface area contributed by atoms with Gasteiger partial charge in [-0.1, -0.05) is 48.0 Å². The van der Waals surface area contributed by atoms with Crippen molar-refractivity contribution in [3.63, 3.8) is 0 Å². The highest BCUT2D eigenvalue weighted by Crippen LogP contribution is 2.22. The van der Waals surface area contributed by atoms with Gasteiger partial charge in [-0.3, -0.25) is 4.21 Å². The Morgan fingerprint density at radius 2 is 1.40 bits per heavy atom. The molecule has 0 saturated heterocycles. The first-order valence-corrected chi connectivity index (χ1v) is 7.44. The first-order valence-electron chi connectivity index (χ1n) is 5.95. The molecule has 2 heteroatoms. The lowest BCUT2D eigenvalue weighted by Crippen LogP contribution is -2.18. The summed E-state index contributed by atoms with van der Waals surface area (Å²) in [6, 6.07) is 0. The minimum Gasteiger partial charge on any atom is -0.260 e. The predicted octanol–water partition coefficient (Wildman–Crippen LogP) is 4.00. The third kappa shape index (κ3) is 12.1. The van der Waals surface area contributed by atoms with Gasteiger partial charge in [-0.2, -0.15) is 0 Å². The SMILES string of the molecule is CC(C)(C)CCCCS(=O)CC(C)(C)C. The van der Waals surface area contributed by atoms with E-state index in [4.69, 9.17) is 0 Å². The molecular weight excluding hydrogens is 204 g/mol. The van der Waals surface area contributed by atoms with Crippen molar-refractivity contribution >= 4 is 10.8 Å². The third-order valence-corrected chi connectivity index (χ3v) is 4.07. The van der Waals surface area contributed by atoms with E-state index in [0.717, 1.165) is 17.9 Å². The van der Waals surface area contributed by atoms with Crippen molar-refractivity contribution in [1.82, 2.24) is 0 Å². The molecule has 0 amide bonds. The fraction of sp³-hybridized carbons (Fsp3) is 1.00. The van der Waals surface area contributed by atoms with E-state index in [0.29, 0.717) is 5.41 Å². The van der Waals surface area contributed by atoms with Gasteiger partial charge in [-0.25, -0.2) is 0 Å². The Labute approximate surface area is 98.5 Å². The van der Waals surface area contributed by atoms with Crippen molar-refractivity contribution in [2.75, 3.05) is 11.5 Å². The molecule has 0 aliphatic rings. The largest absolute Gasteiger partial charge is 0.260 e. The maximum Gasteiger partial charge on any atom is 0.0283 e.